The number of rotatable bonds is 9. The number of halogens is 3. The number of esters is 1. The van der Waals surface area contributed by atoms with Crippen LogP contribution in [0.25, 0.3) is 0 Å². The lowest BCUT2D eigenvalue weighted by Gasteiger charge is -2.37. The summed E-state index contributed by atoms with van der Waals surface area (Å²) in [6, 6.07) is 10.0. The van der Waals surface area contributed by atoms with E-state index >= 15 is 0 Å². The van der Waals surface area contributed by atoms with Crippen molar-refractivity contribution in [3.8, 4) is 0 Å². The summed E-state index contributed by atoms with van der Waals surface area (Å²) in [6.07, 6.45) is 0.660. The summed E-state index contributed by atoms with van der Waals surface area (Å²) in [7, 11) is 0. The number of hydrogen-bond acceptors (Lipinski definition) is 5. The predicted molar refractivity (Wildman–Crippen MR) is 135 cm³/mol. The number of amides is 1. The van der Waals surface area contributed by atoms with E-state index in [9.17, 15) is 27.3 Å². The van der Waals surface area contributed by atoms with Crippen LogP contribution in [-0.4, -0.2) is 45.2 Å². The third kappa shape index (κ3) is 8.48. The van der Waals surface area contributed by atoms with Crippen LogP contribution in [0.2, 0.25) is 0 Å². The molecule has 0 aromatic heterocycles. The van der Waals surface area contributed by atoms with E-state index in [1.165, 1.54) is 0 Å². The first-order chi connectivity index (χ1) is 17.4. The molecule has 1 amide bonds. The quantitative estimate of drug-likeness (QED) is 0.221. The molecule has 1 aliphatic heterocycles. The maximum Gasteiger partial charge on any atom is 0.315 e. The molecule has 0 aliphatic carbocycles. The zero-order valence-corrected chi connectivity index (χ0v) is 22.1. The fourth-order valence-corrected chi connectivity index (χ4v) is 5.06. The molecule has 1 unspecified atom stereocenters. The third-order valence-electron chi connectivity index (χ3n) is 6.34. The number of piperidine rings is 1. The summed E-state index contributed by atoms with van der Waals surface area (Å²) >= 11 is -1.48. The van der Waals surface area contributed by atoms with E-state index in [1.54, 1.807) is 25.7 Å². The molecule has 1 heterocycles. The molecule has 10 heteroatoms. The second-order valence-electron chi connectivity index (χ2n) is 10.2. The molecule has 0 radical (unpaired) electrons. The number of carbonyl (C=O) groups excluding carboxylic acids is 2. The van der Waals surface area contributed by atoms with Crippen molar-refractivity contribution in [3.63, 3.8) is 0 Å². The van der Waals surface area contributed by atoms with Crippen LogP contribution in [0.1, 0.15) is 51.2 Å². The number of hydrogen-bond donors (Lipinski definition) is 1. The van der Waals surface area contributed by atoms with Crippen LogP contribution in [0, 0.1) is 23.4 Å². The van der Waals surface area contributed by atoms with Gasteiger partial charge in [-0.3, -0.25) is 9.59 Å². The van der Waals surface area contributed by atoms with Gasteiger partial charge in [0.25, 0.3) is 0 Å². The van der Waals surface area contributed by atoms with Crippen molar-refractivity contribution in [2.75, 3.05) is 13.1 Å². The van der Waals surface area contributed by atoms with Crippen molar-refractivity contribution in [1.29, 1.82) is 0 Å². The third-order valence-corrected chi connectivity index (χ3v) is 7.97. The molecule has 1 fully saturated rings. The largest absolute Gasteiger partial charge is 0.598 e. The van der Waals surface area contributed by atoms with Gasteiger partial charge in [-0.05, 0) is 63.1 Å². The zero-order chi connectivity index (χ0) is 27.2. The van der Waals surface area contributed by atoms with E-state index in [0.29, 0.717) is 32.0 Å². The summed E-state index contributed by atoms with van der Waals surface area (Å²) in [5, 5.41) is 0. The Hall–Kier alpha value is -2.56. The van der Waals surface area contributed by atoms with Crippen molar-refractivity contribution in [1.82, 2.24) is 9.62 Å². The molecule has 2 atom stereocenters. The maximum atomic E-state index is 14.4. The minimum absolute atomic E-state index is 0.00920. The average Bonchev–Trinajstić information content (AvgIpc) is 2.85. The van der Waals surface area contributed by atoms with Gasteiger partial charge in [0.05, 0.1) is 6.04 Å². The zero-order valence-electron chi connectivity index (χ0n) is 21.3. The number of likely N-dealkylation sites (tertiary alicyclic amines) is 1. The highest BCUT2D eigenvalue weighted by Crippen LogP contribution is 2.27. The summed E-state index contributed by atoms with van der Waals surface area (Å²) in [5.74, 6) is -4.33. The van der Waals surface area contributed by atoms with Crippen molar-refractivity contribution < 1.29 is 32.0 Å². The average molecular weight is 539 g/mol. The summed E-state index contributed by atoms with van der Waals surface area (Å²) < 4.78 is 62.1. The number of nitrogens with one attached hydrogen (secondary N) is 1. The van der Waals surface area contributed by atoms with Crippen LogP contribution in [-0.2, 0) is 38.7 Å². The molecule has 0 saturated carbocycles. The molecule has 0 spiro atoms. The van der Waals surface area contributed by atoms with Crippen LogP contribution < -0.4 is 4.72 Å². The van der Waals surface area contributed by atoms with Crippen molar-refractivity contribution in [2.24, 2.45) is 5.92 Å². The van der Waals surface area contributed by atoms with E-state index in [1.807, 2.05) is 30.3 Å². The van der Waals surface area contributed by atoms with Crippen molar-refractivity contribution in [2.45, 2.75) is 63.9 Å². The van der Waals surface area contributed by atoms with Gasteiger partial charge in [0.15, 0.2) is 11.6 Å². The lowest BCUT2D eigenvalue weighted by Crippen LogP contribution is -2.51. The van der Waals surface area contributed by atoms with E-state index < -0.39 is 45.6 Å². The fraction of sp³-hybridized carbons (Fsp3) is 0.481. The second kappa shape index (κ2) is 12.8. The molecule has 2 aromatic rings. The minimum atomic E-state index is -1.48. The lowest BCUT2D eigenvalue weighted by molar-refractivity contribution is -0.150. The molecule has 2 aromatic carbocycles. The number of benzene rings is 2. The monoisotopic (exact) mass is 538 g/mol. The Morgan fingerprint density at radius 1 is 1.08 bits per heavy atom. The molecule has 1 N–H and O–H groups in total. The van der Waals surface area contributed by atoms with E-state index in [2.05, 4.69) is 4.72 Å². The van der Waals surface area contributed by atoms with Gasteiger partial charge in [-0.25, -0.2) is 13.2 Å². The molecular formula is C27H33F3N2O4S. The van der Waals surface area contributed by atoms with E-state index in [4.69, 9.17) is 4.74 Å². The first kappa shape index (κ1) is 29.0. The van der Waals surface area contributed by atoms with Gasteiger partial charge in [-0.15, -0.1) is 4.72 Å². The minimum Gasteiger partial charge on any atom is -0.598 e. The summed E-state index contributed by atoms with van der Waals surface area (Å²) in [5.41, 5.74) is 0.815. The molecule has 1 saturated heterocycles. The Kier molecular flexibility index (Phi) is 10.0. The predicted octanol–water partition coefficient (Wildman–Crippen LogP) is 4.44. The Morgan fingerprint density at radius 3 is 2.32 bits per heavy atom. The molecule has 202 valence electrons. The lowest BCUT2D eigenvalue weighted by atomic mass is 9.86. The van der Waals surface area contributed by atoms with Gasteiger partial charge in [0.2, 0.25) is 5.91 Å². The molecule has 3 rings (SSSR count). The van der Waals surface area contributed by atoms with Gasteiger partial charge < -0.3 is 14.2 Å². The van der Waals surface area contributed by atoms with Crippen LogP contribution in [0.5, 0.6) is 0 Å². The maximum absolute atomic E-state index is 14.4. The van der Waals surface area contributed by atoms with Gasteiger partial charge in [-0.1, -0.05) is 30.3 Å². The van der Waals surface area contributed by atoms with Crippen molar-refractivity contribution >= 4 is 23.2 Å². The Labute approximate surface area is 218 Å². The van der Waals surface area contributed by atoms with Crippen LogP contribution in [0.3, 0.4) is 0 Å². The smallest absolute Gasteiger partial charge is 0.315 e. The Morgan fingerprint density at radius 2 is 1.70 bits per heavy atom. The van der Waals surface area contributed by atoms with Crippen molar-refractivity contribution in [3.05, 3.63) is 71.0 Å². The highest BCUT2D eigenvalue weighted by Gasteiger charge is 2.36. The molecule has 6 nitrogen and oxygen atoms in total. The normalized spacial score (nSPS) is 16.4. The standard InChI is InChI=1S/C27H33F3N2O4S/c1-27(2,3)37(35)31-24(14-20-13-22(29)23(30)15-21(20)28)19-9-11-32(12-10-19)25(33)16-26(34)36-17-18-7-5-4-6-8-18/h4-8,13,15,19,24,31H,9-12,14,16-17H2,1-3H3/t24-,37?/m1/s1. The first-order valence-corrected chi connectivity index (χ1v) is 13.4. The van der Waals surface area contributed by atoms with Gasteiger partial charge in [0.1, 0.15) is 23.6 Å². The van der Waals surface area contributed by atoms with Crippen LogP contribution >= 0.6 is 0 Å². The Balaban J connectivity index is 1.59. The second-order valence-corrected chi connectivity index (χ2v) is 12.2. The SMILES string of the molecule is CC(C)(C)[S+]([O-])N[C@H](Cc1cc(F)c(F)cc1F)C1CCN(C(=O)CC(=O)OCc2ccccc2)CC1. The topological polar surface area (TPSA) is 81.7 Å². The first-order valence-electron chi connectivity index (χ1n) is 12.2. The molecule has 0 bridgehead atoms. The number of nitrogens with zero attached hydrogens (tertiary/aromatic N) is 1. The Bertz CT molecular complexity index is 1070. The van der Waals surface area contributed by atoms with Crippen LogP contribution in [0.4, 0.5) is 13.2 Å². The van der Waals surface area contributed by atoms with E-state index in [0.717, 1.165) is 11.6 Å². The van der Waals surface area contributed by atoms with Gasteiger partial charge in [-0.2, -0.15) is 0 Å². The number of carbonyl (C=O) groups is 2. The van der Waals surface area contributed by atoms with Crippen LogP contribution in [0.15, 0.2) is 42.5 Å². The molecule has 1 aliphatic rings. The highest BCUT2D eigenvalue weighted by atomic mass is 32.2. The number of ether oxygens (including phenoxy) is 1. The van der Waals surface area contributed by atoms with Gasteiger partial charge >= 0.3 is 5.97 Å². The van der Waals surface area contributed by atoms with Gasteiger partial charge in [0, 0.05) is 30.5 Å². The highest BCUT2D eigenvalue weighted by molar-refractivity contribution is 7.90. The fourth-order valence-electron chi connectivity index (χ4n) is 4.15. The molecule has 37 heavy (non-hydrogen) atoms. The molecular weight excluding hydrogens is 505 g/mol. The summed E-state index contributed by atoms with van der Waals surface area (Å²) in [4.78, 5) is 26.4. The van der Waals surface area contributed by atoms with E-state index in [-0.39, 0.29) is 36.8 Å². The summed E-state index contributed by atoms with van der Waals surface area (Å²) in [6.45, 7) is 6.19.